The number of hydrogen-bond donors (Lipinski definition) is 3. The van der Waals surface area contributed by atoms with Crippen molar-refractivity contribution in [1.29, 1.82) is 0 Å². The zero-order chi connectivity index (χ0) is 16.0. The third kappa shape index (κ3) is 5.10. The maximum atomic E-state index is 11.6. The molecule has 0 radical (unpaired) electrons. The largest absolute Gasteiger partial charge is 0.481 e. The maximum Gasteiger partial charge on any atom is 0.310 e. The fourth-order valence-electron chi connectivity index (χ4n) is 1.37. The number of nitrogens with two attached hydrogens (primary N) is 1. The highest BCUT2D eigenvalue weighted by atomic mass is 16.4. The predicted molar refractivity (Wildman–Crippen MR) is 78.4 cm³/mol. The number of nitrogens with one attached hydrogen (secondary N) is 1. The molecule has 0 fully saturated rings. The van der Waals surface area contributed by atoms with Crippen molar-refractivity contribution in [2.24, 2.45) is 11.1 Å². The summed E-state index contributed by atoms with van der Waals surface area (Å²) in [7, 11) is 0. The Bertz CT molecular complexity index is 574. The molecule has 1 rings (SSSR count). The summed E-state index contributed by atoms with van der Waals surface area (Å²) in [4.78, 5) is 33.4. The van der Waals surface area contributed by atoms with Gasteiger partial charge in [-0.1, -0.05) is 12.1 Å². The molecule has 0 unspecified atom stereocenters. The van der Waals surface area contributed by atoms with Crippen LogP contribution in [0.3, 0.4) is 0 Å². The Hall–Kier alpha value is -2.63. The lowest BCUT2D eigenvalue weighted by Gasteiger charge is -2.18. The van der Waals surface area contributed by atoms with Gasteiger partial charge in [0.25, 0.3) is 0 Å². The Morgan fingerprint density at radius 3 is 2.29 bits per heavy atom. The summed E-state index contributed by atoms with van der Waals surface area (Å²) >= 11 is 0. The van der Waals surface area contributed by atoms with Crippen LogP contribution in [-0.2, 0) is 9.59 Å². The van der Waals surface area contributed by atoms with Gasteiger partial charge in [-0.05, 0) is 37.6 Å². The van der Waals surface area contributed by atoms with Crippen LogP contribution < -0.4 is 11.1 Å². The Balaban J connectivity index is 2.58. The number of carbonyl (C=O) groups is 3. The molecule has 0 saturated carbocycles. The van der Waals surface area contributed by atoms with Gasteiger partial charge in [0, 0.05) is 18.2 Å². The van der Waals surface area contributed by atoms with Crippen molar-refractivity contribution in [2.45, 2.75) is 13.8 Å². The van der Waals surface area contributed by atoms with E-state index in [9.17, 15) is 14.4 Å². The highest BCUT2D eigenvalue weighted by molar-refractivity contribution is 5.94. The molecule has 21 heavy (non-hydrogen) atoms. The summed E-state index contributed by atoms with van der Waals surface area (Å²) in [5.74, 6) is -1.88. The van der Waals surface area contributed by atoms with Crippen LogP contribution in [0.15, 0.2) is 30.3 Å². The van der Waals surface area contributed by atoms with E-state index in [0.717, 1.165) is 5.56 Å². The van der Waals surface area contributed by atoms with Crippen molar-refractivity contribution in [1.82, 2.24) is 5.32 Å². The summed E-state index contributed by atoms with van der Waals surface area (Å²) in [6.45, 7) is 3.09. The third-order valence-corrected chi connectivity index (χ3v) is 2.91. The Kier molecular flexibility index (Phi) is 5.24. The smallest absolute Gasteiger partial charge is 0.310 e. The van der Waals surface area contributed by atoms with E-state index in [1.54, 1.807) is 30.3 Å². The first-order chi connectivity index (χ1) is 9.72. The normalized spacial score (nSPS) is 11.3. The van der Waals surface area contributed by atoms with Crippen LogP contribution in [0, 0.1) is 5.41 Å². The van der Waals surface area contributed by atoms with Gasteiger partial charge in [-0.25, -0.2) is 0 Å². The molecule has 0 aliphatic carbocycles. The molecule has 0 aliphatic heterocycles. The SMILES string of the molecule is CC(C)(CNC(=O)/C=C/c1ccc(C(N)=O)cc1)C(=O)O. The average Bonchev–Trinajstić information content (AvgIpc) is 2.43. The molecule has 0 aromatic heterocycles. The van der Waals surface area contributed by atoms with Gasteiger partial charge >= 0.3 is 5.97 Å². The first kappa shape index (κ1) is 16.4. The van der Waals surface area contributed by atoms with Gasteiger partial charge in [0.05, 0.1) is 5.41 Å². The fraction of sp³-hybridized carbons (Fsp3) is 0.267. The minimum Gasteiger partial charge on any atom is -0.481 e. The van der Waals surface area contributed by atoms with Gasteiger partial charge in [-0.2, -0.15) is 0 Å². The number of amides is 2. The van der Waals surface area contributed by atoms with Crippen molar-refractivity contribution in [2.75, 3.05) is 6.54 Å². The number of rotatable bonds is 6. The average molecular weight is 290 g/mol. The number of carboxylic acids is 1. The number of carboxylic acid groups (broad SMARTS) is 1. The monoisotopic (exact) mass is 290 g/mol. The van der Waals surface area contributed by atoms with Gasteiger partial charge in [0.15, 0.2) is 0 Å². The maximum absolute atomic E-state index is 11.6. The summed E-state index contributed by atoms with van der Waals surface area (Å²) in [6.07, 6.45) is 2.87. The van der Waals surface area contributed by atoms with Crippen LogP contribution in [0.2, 0.25) is 0 Å². The molecule has 1 aromatic carbocycles. The van der Waals surface area contributed by atoms with Gasteiger partial charge in [-0.15, -0.1) is 0 Å². The first-order valence-electron chi connectivity index (χ1n) is 6.31. The van der Waals surface area contributed by atoms with E-state index < -0.39 is 17.3 Å². The minimum absolute atomic E-state index is 0.0338. The second-order valence-electron chi connectivity index (χ2n) is 5.23. The van der Waals surface area contributed by atoms with Crippen molar-refractivity contribution in [3.05, 3.63) is 41.5 Å². The van der Waals surface area contributed by atoms with E-state index >= 15 is 0 Å². The molecule has 0 heterocycles. The highest BCUT2D eigenvalue weighted by Gasteiger charge is 2.27. The highest BCUT2D eigenvalue weighted by Crippen LogP contribution is 2.13. The number of aliphatic carboxylic acids is 1. The molecule has 0 saturated heterocycles. The lowest BCUT2D eigenvalue weighted by molar-refractivity contribution is -0.146. The fourth-order valence-corrected chi connectivity index (χ4v) is 1.37. The summed E-state index contributed by atoms with van der Waals surface area (Å²) in [5, 5.41) is 11.4. The van der Waals surface area contributed by atoms with Gasteiger partial charge in [0.2, 0.25) is 11.8 Å². The second kappa shape index (κ2) is 6.69. The van der Waals surface area contributed by atoms with Crippen LogP contribution >= 0.6 is 0 Å². The Morgan fingerprint density at radius 2 is 1.81 bits per heavy atom. The van der Waals surface area contributed by atoms with Crippen LogP contribution in [0.25, 0.3) is 6.08 Å². The van der Waals surface area contributed by atoms with E-state index in [1.807, 2.05) is 0 Å². The van der Waals surface area contributed by atoms with Gasteiger partial charge < -0.3 is 16.2 Å². The summed E-state index contributed by atoms with van der Waals surface area (Å²) < 4.78 is 0. The van der Waals surface area contributed by atoms with Gasteiger partial charge in [0.1, 0.15) is 0 Å². The molecule has 2 amide bonds. The van der Waals surface area contributed by atoms with Crippen molar-refractivity contribution in [3.63, 3.8) is 0 Å². The van der Waals surface area contributed by atoms with Crippen molar-refractivity contribution >= 4 is 23.9 Å². The molecule has 1 aromatic rings. The standard InChI is InChI=1S/C15H18N2O4/c1-15(2,14(20)21)9-17-12(18)8-5-10-3-6-11(7-4-10)13(16)19/h3-8H,9H2,1-2H3,(H2,16,19)(H,17,18)(H,20,21)/b8-5+. The molecule has 0 bridgehead atoms. The number of primary amides is 1. The first-order valence-corrected chi connectivity index (χ1v) is 6.31. The molecule has 0 atom stereocenters. The molecule has 0 aliphatic rings. The van der Waals surface area contributed by atoms with Crippen molar-refractivity contribution < 1.29 is 19.5 Å². The zero-order valence-electron chi connectivity index (χ0n) is 11.9. The topological polar surface area (TPSA) is 109 Å². The molecular formula is C15H18N2O4. The second-order valence-corrected chi connectivity index (χ2v) is 5.23. The molecular weight excluding hydrogens is 272 g/mol. The Morgan fingerprint density at radius 1 is 1.24 bits per heavy atom. The van der Waals surface area contributed by atoms with Gasteiger partial charge in [-0.3, -0.25) is 14.4 Å². The Labute approximate surface area is 122 Å². The molecule has 112 valence electrons. The van der Waals surface area contributed by atoms with Crippen LogP contribution in [0.4, 0.5) is 0 Å². The van der Waals surface area contributed by atoms with E-state index in [2.05, 4.69) is 5.32 Å². The summed E-state index contributed by atoms with van der Waals surface area (Å²) in [6, 6.07) is 6.44. The van der Waals surface area contributed by atoms with Crippen LogP contribution in [0.1, 0.15) is 29.8 Å². The van der Waals surface area contributed by atoms with E-state index in [0.29, 0.717) is 5.56 Å². The molecule has 6 heteroatoms. The zero-order valence-corrected chi connectivity index (χ0v) is 11.9. The number of benzene rings is 1. The lowest BCUT2D eigenvalue weighted by Crippen LogP contribution is -2.38. The number of hydrogen-bond acceptors (Lipinski definition) is 3. The van der Waals surface area contributed by atoms with Crippen molar-refractivity contribution in [3.8, 4) is 0 Å². The van der Waals surface area contributed by atoms with E-state index in [-0.39, 0.29) is 12.5 Å². The predicted octanol–water partition coefficient (Wildman–Crippen LogP) is 1.03. The number of carbonyl (C=O) groups excluding carboxylic acids is 2. The van der Waals surface area contributed by atoms with E-state index in [4.69, 9.17) is 10.8 Å². The van der Waals surface area contributed by atoms with Crippen LogP contribution in [-0.4, -0.2) is 29.4 Å². The molecule has 4 N–H and O–H groups in total. The lowest BCUT2D eigenvalue weighted by atomic mass is 9.94. The minimum atomic E-state index is -1.02. The van der Waals surface area contributed by atoms with E-state index in [1.165, 1.54) is 19.9 Å². The third-order valence-electron chi connectivity index (χ3n) is 2.91. The van der Waals surface area contributed by atoms with Crippen LogP contribution in [0.5, 0.6) is 0 Å². The summed E-state index contributed by atoms with van der Waals surface area (Å²) in [5.41, 5.74) is 5.22. The molecule has 6 nitrogen and oxygen atoms in total. The molecule has 0 spiro atoms. The quantitative estimate of drug-likeness (QED) is 0.679.